The van der Waals surface area contributed by atoms with Crippen LogP contribution in [0.5, 0.6) is 0 Å². The first kappa shape index (κ1) is 12.6. The molecule has 1 aliphatic heterocycles. The molecule has 0 radical (unpaired) electrons. The van der Waals surface area contributed by atoms with Crippen molar-refractivity contribution in [3.8, 4) is 0 Å². The van der Waals surface area contributed by atoms with Gasteiger partial charge in [-0.25, -0.2) is 0 Å². The van der Waals surface area contributed by atoms with Gasteiger partial charge in [-0.2, -0.15) is 0 Å². The third-order valence-electron chi connectivity index (χ3n) is 4.11. The molecule has 2 rings (SSSR count). The molecule has 0 bridgehead atoms. The first-order valence-corrected chi connectivity index (χ1v) is 8.19. The summed E-state index contributed by atoms with van der Waals surface area (Å²) in [5.41, 5.74) is 0. The van der Waals surface area contributed by atoms with Crippen molar-refractivity contribution in [2.24, 2.45) is 11.8 Å². The molecule has 0 aromatic carbocycles. The van der Waals surface area contributed by atoms with Crippen LogP contribution in [0.3, 0.4) is 0 Å². The van der Waals surface area contributed by atoms with Gasteiger partial charge in [0, 0.05) is 22.6 Å². The Morgan fingerprint density at radius 3 is 2.94 bits per heavy atom. The van der Waals surface area contributed by atoms with E-state index in [9.17, 15) is 4.21 Å². The minimum absolute atomic E-state index is 0.440. The Kier molecular flexibility index (Phi) is 4.42. The zero-order valence-corrected chi connectivity index (χ0v) is 11.4. The second-order valence-corrected chi connectivity index (χ2v) is 7.37. The van der Waals surface area contributed by atoms with E-state index in [1.54, 1.807) is 0 Å². The average molecular weight is 243 g/mol. The predicted octanol–water partition coefficient (Wildman–Crippen LogP) is 2.31. The van der Waals surface area contributed by atoms with E-state index in [0.29, 0.717) is 17.2 Å². The summed E-state index contributed by atoms with van der Waals surface area (Å²) in [6.07, 6.45) is 6.39. The minimum atomic E-state index is -0.591. The Balaban J connectivity index is 2.00. The monoisotopic (exact) mass is 243 g/mol. The van der Waals surface area contributed by atoms with E-state index in [1.165, 1.54) is 32.1 Å². The van der Waals surface area contributed by atoms with Gasteiger partial charge in [-0.15, -0.1) is 0 Å². The average Bonchev–Trinajstić information content (AvgIpc) is 2.40. The maximum atomic E-state index is 12.3. The fraction of sp³-hybridized carbons (Fsp3) is 1.00. The molecule has 1 saturated carbocycles. The summed E-state index contributed by atoms with van der Waals surface area (Å²) < 4.78 is 12.3. The summed E-state index contributed by atoms with van der Waals surface area (Å²) in [6, 6.07) is 0.541. The van der Waals surface area contributed by atoms with Crippen molar-refractivity contribution in [2.45, 2.75) is 57.2 Å². The summed E-state index contributed by atoms with van der Waals surface area (Å²) in [5.74, 6) is 2.33. The molecule has 3 heteroatoms. The first-order chi connectivity index (χ1) is 7.70. The zero-order valence-electron chi connectivity index (χ0n) is 10.6. The topological polar surface area (TPSA) is 29.1 Å². The maximum absolute atomic E-state index is 12.3. The van der Waals surface area contributed by atoms with Gasteiger partial charge in [-0.05, 0) is 37.6 Å². The van der Waals surface area contributed by atoms with Crippen LogP contribution in [0.2, 0.25) is 0 Å². The van der Waals surface area contributed by atoms with Crippen LogP contribution in [0.4, 0.5) is 0 Å². The molecule has 0 aromatic rings. The minimum Gasteiger partial charge on any atom is -0.312 e. The van der Waals surface area contributed by atoms with Crippen molar-refractivity contribution in [1.29, 1.82) is 0 Å². The lowest BCUT2D eigenvalue weighted by Gasteiger charge is -2.34. The van der Waals surface area contributed by atoms with Crippen LogP contribution in [0, 0.1) is 11.8 Å². The van der Waals surface area contributed by atoms with Gasteiger partial charge in [0.25, 0.3) is 0 Å². The molecule has 0 spiro atoms. The van der Waals surface area contributed by atoms with E-state index in [1.807, 2.05) is 0 Å². The highest BCUT2D eigenvalue weighted by atomic mass is 32.2. The molecule has 2 nitrogen and oxygen atoms in total. The standard InChI is InChI=1S/C13H25NOS/c1-3-4-11-5-6-12-13(7-11)16(15)9-10(2)8-14-12/h10-14H,3-9H2,1-2H3. The molecule has 1 N–H and O–H groups in total. The lowest BCUT2D eigenvalue weighted by atomic mass is 9.83. The maximum Gasteiger partial charge on any atom is 0.0503 e. The Morgan fingerprint density at radius 2 is 2.19 bits per heavy atom. The third-order valence-corrected chi connectivity index (χ3v) is 6.21. The van der Waals surface area contributed by atoms with Gasteiger partial charge >= 0.3 is 0 Å². The quantitative estimate of drug-likeness (QED) is 0.806. The number of rotatable bonds is 2. The summed E-state index contributed by atoms with van der Waals surface area (Å²) in [7, 11) is -0.591. The Bertz CT molecular complexity index is 256. The molecule has 2 fully saturated rings. The van der Waals surface area contributed by atoms with Crippen LogP contribution in [0.1, 0.15) is 46.0 Å². The Labute approximate surface area is 102 Å². The summed E-state index contributed by atoms with van der Waals surface area (Å²) in [6.45, 7) is 5.54. The molecule has 1 saturated heterocycles. The first-order valence-electron chi connectivity index (χ1n) is 6.81. The Morgan fingerprint density at radius 1 is 1.38 bits per heavy atom. The summed E-state index contributed by atoms with van der Waals surface area (Å²) in [5, 5.41) is 4.07. The van der Waals surface area contributed by atoms with E-state index in [-0.39, 0.29) is 0 Å². The van der Waals surface area contributed by atoms with Gasteiger partial charge < -0.3 is 5.32 Å². The lowest BCUT2D eigenvalue weighted by Crippen LogP contribution is -2.44. The highest BCUT2D eigenvalue weighted by molar-refractivity contribution is 7.85. The van der Waals surface area contributed by atoms with Crippen molar-refractivity contribution >= 4 is 10.8 Å². The number of nitrogens with one attached hydrogen (secondary N) is 1. The molecule has 1 aliphatic carbocycles. The summed E-state index contributed by atoms with van der Waals surface area (Å²) >= 11 is 0. The second-order valence-electron chi connectivity index (χ2n) is 5.67. The van der Waals surface area contributed by atoms with E-state index >= 15 is 0 Å². The molecule has 1 heterocycles. The van der Waals surface area contributed by atoms with E-state index in [4.69, 9.17) is 0 Å². The molecular weight excluding hydrogens is 218 g/mol. The molecule has 0 aromatic heterocycles. The molecule has 16 heavy (non-hydrogen) atoms. The SMILES string of the molecule is CCCC1CCC2NCC(C)CS(=O)C2C1. The van der Waals surface area contributed by atoms with Gasteiger partial charge in [-0.1, -0.05) is 26.7 Å². The highest BCUT2D eigenvalue weighted by Crippen LogP contribution is 2.32. The van der Waals surface area contributed by atoms with Crippen LogP contribution in [0.15, 0.2) is 0 Å². The fourth-order valence-electron chi connectivity index (χ4n) is 3.22. The van der Waals surface area contributed by atoms with Crippen LogP contribution < -0.4 is 5.32 Å². The molecule has 5 unspecified atom stereocenters. The van der Waals surface area contributed by atoms with Crippen molar-refractivity contribution in [1.82, 2.24) is 5.32 Å². The molecule has 0 amide bonds. The fourth-order valence-corrected chi connectivity index (χ4v) is 5.23. The summed E-state index contributed by atoms with van der Waals surface area (Å²) in [4.78, 5) is 0. The number of hydrogen-bond donors (Lipinski definition) is 1. The van der Waals surface area contributed by atoms with Gasteiger partial charge in [0.1, 0.15) is 0 Å². The number of hydrogen-bond acceptors (Lipinski definition) is 2. The van der Waals surface area contributed by atoms with Crippen LogP contribution in [-0.4, -0.2) is 27.8 Å². The van der Waals surface area contributed by atoms with Gasteiger partial charge in [0.05, 0.1) is 5.25 Å². The molecule has 2 aliphatic rings. The van der Waals surface area contributed by atoms with Crippen molar-refractivity contribution in [3.63, 3.8) is 0 Å². The van der Waals surface area contributed by atoms with Gasteiger partial charge in [-0.3, -0.25) is 4.21 Å². The lowest BCUT2D eigenvalue weighted by molar-refractivity contribution is 0.284. The normalized spacial score (nSPS) is 44.8. The highest BCUT2D eigenvalue weighted by Gasteiger charge is 2.36. The van der Waals surface area contributed by atoms with E-state index < -0.39 is 10.8 Å². The van der Waals surface area contributed by atoms with Crippen molar-refractivity contribution < 1.29 is 4.21 Å². The van der Waals surface area contributed by atoms with E-state index in [2.05, 4.69) is 19.2 Å². The number of fused-ring (bicyclic) bond motifs is 1. The largest absolute Gasteiger partial charge is 0.312 e. The smallest absolute Gasteiger partial charge is 0.0503 e. The van der Waals surface area contributed by atoms with Gasteiger partial charge in [0.15, 0.2) is 0 Å². The van der Waals surface area contributed by atoms with Gasteiger partial charge in [0.2, 0.25) is 0 Å². The molecular formula is C13H25NOS. The van der Waals surface area contributed by atoms with Crippen molar-refractivity contribution in [2.75, 3.05) is 12.3 Å². The molecule has 94 valence electrons. The van der Waals surface area contributed by atoms with E-state index in [0.717, 1.165) is 18.2 Å². The predicted molar refractivity (Wildman–Crippen MR) is 70.0 cm³/mol. The third kappa shape index (κ3) is 2.86. The van der Waals surface area contributed by atoms with Crippen LogP contribution in [0.25, 0.3) is 0 Å². The zero-order chi connectivity index (χ0) is 11.5. The Hall–Kier alpha value is 0.110. The molecule has 5 atom stereocenters. The van der Waals surface area contributed by atoms with Crippen LogP contribution >= 0.6 is 0 Å². The van der Waals surface area contributed by atoms with Crippen molar-refractivity contribution in [3.05, 3.63) is 0 Å². The second kappa shape index (κ2) is 5.63. The van der Waals surface area contributed by atoms with Crippen LogP contribution in [-0.2, 0) is 10.8 Å².